The highest BCUT2D eigenvalue weighted by Crippen LogP contribution is 2.63. The van der Waals surface area contributed by atoms with Crippen LogP contribution in [0.1, 0.15) is 46.0 Å². The predicted octanol–water partition coefficient (Wildman–Crippen LogP) is 2.59. The van der Waals surface area contributed by atoms with Gasteiger partial charge in [0.05, 0.1) is 6.04 Å². The summed E-state index contributed by atoms with van der Waals surface area (Å²) in [6, 6.07) is -0.0966. The van der Waals surface area contributed by atoms with Gasteiger partial charge in [0.2, 0.25) is 6.41 Å². The Labute approximate surface area is 142 Å². The van der Waals surface area contributed by atoms with E-state index < -0.39 is 0 Å². The van der Waals surface area contributed by atoms with Crippen LogP contribution in [0.25, 0.3) is 0 Å². The van der Waals surface area contributed by atoms with Gasteiger partial charge in [0.15, 0.2) is 5.78 Å². The summed E-state index contributed by atoms with van der Waals surface area (Å²) < 4.78 is 0. The molecule has 0 aromatic carbocycles. The van der Waals surface area contributed by atoms with Gasteiger partial charge in [-0.1, -0.05) is 19.9 Å². The SMILES string of the molecule is C[C@]12C=CC(=O)C=C1C(NC=O)C[C@@H]1[C@@H]2CC[C@]2(C)C(=O)CC[C@@H]12. The van der Waals surface area contributed by atoms with Crippen molar-refractivity contribution in [2.75, 3.05) is 0 Å². The maximum Gasteiger partial charge on any atom is 0.207 e. The molecule has 1 unspecified atom stereocenters. The molecular weight excluding hydrogens is 302 g/mol. The van der Waals surface area contributed by atoms with Crippen molar-refractivity contribution in [1.29, 1.82) is 0 Å². The number of amides is 1. The van der Waals surface area contributed by atoms with Crippen LogP contribution in [0.2, 0.25) is 0 Å². The molecule has 0 aliphatic heterocycles. The van der Waals surface area contributed by atoms with Crippen LogP contribution in [-0.2, 0) is 14.4 Å². The minimum atomic E-state index is -0.190. The molecule has 4 aliphatic carbocycles. The van der Waals surface area contributed by atoms with Crippen molar-refractivity contribution in [3.8, 4) is 0 Å². The third-order valence-electron chi connectivity index (χ3n) is 7.58. The van der Waals surface area contributed by atoms with Gasteiger partial charge in [0.25, 0.3) is 0 Å². The largest absolute Gasteiger partial charge is 0.352 e. The summed E-state index contributed by atoms with van der Waals surface area (Å²) in [5, 5.41) is 2.95. The first-order valence-electron chi connectivity index (χ1n) is 9.08. The molecule has 4 rings (SSSR count). The Kier molecular flexibility index (Phi) is 3.38. The number of carbonyl (C=O) groups excluding carboxylic acids is 3. The highest BCUT2D eigenvalue weighted by Gasteiger charge is 2.60. The molecule has 0 aromatic heterocycles. The zero-order valence-electron chi connectivity index (χ0n) is 14.4. The molecule has 1 amide bonds. The Hall–Kier alpha value is -1.71. The lowest BCUT2D eigenvalue weighted by molar-refractivity contribution is -0.132. The number of nitrogens with one attached hydrogen (secondary N) is 1. The number of hydrogen-bond acceptors (Lipinski definition) is 3. The second-order valence-corrected chi connectivity index (χ2v) is 8.49. The topological polar surface area (TPSA) is 63.2 Å². The molecule has 0 radical (unpaired) electrons. The summed E-state index contributed by atoms with van der Waals surface area (Å²) >= 11 is 0. The smallest absolute Gasteiger partial charge is 0.207 e. The summed E-state index contributed by atoms with van der Waals surface area (Å²) in [5.41, 5.74) is 0.680. The third-order valence-corrected chi connectivity index (χ3v) is 7.58. The van der Waals surface area contributed by atoms with Crippen molar-refractivity contribution in [3.63, 3.8) is 0 Å². The van der Waals surface area contributed by atoms with Gasteiger partial charge in [0.1, 0.15) is 5.78 Å². The fourth-order valence-electron chi connectivity index (χ4n) is 6.29. The van der Waals surface area contributed by atoms with Gasteiger partial charge in [-0.3, -0.25) is 14.4 Å². The number of Topliss-reactive ketones (excluding diaryl/α,β-unsaturated/α-hetero) is 1. The number of hydrogen-bond donors (Lipinski definition) is 1. The quantitative estimate of drug-likeness (QED) is 0.793. The lowest BCUT2D eigenvalue weighted by atomic mass is 9.47. The van der Waals surface area contributed by atoms with E-state index in [-0.39, 0.29) is 22.7 Å². The first-order chi connectivity index (χ1) is 11.4. The number of allylic oxidation sites excluding steroid dienone is 3. The standard InChI is InChI=1S/C20H25NO3/c1-19-7-5-12(23)9-16(19)17(21-11-22)10-13-14-3-4-18(24)20(14,2)8-6-15(13)19/h5,7,9,11,13-15,17H,3-4,6,8,10H2,1-2H3,(H,21,22)/t13-,14-,15-,17?,19+,20-/m0/s1. The van der Waals surface area contributed by atoms with Crippen molar-refractivity contribution in [3.05, 3.63) is 23.8 Å². The second kappa shape index (κ2) is 5.14. The van der Waals surface area contributed by atoms with Gasteiger partial charge in [0, 0.05) is 17.3 Å². The van der Waals surface area contributed by atoms with Crippen LogP contribution in [0.3, 0.4) is 0 Å². The molecule has 6 atom stereocenters. The van der Waals surface area contributed by atoms with E-state index in [4.69, 9.17) is 0 Å². The van der Waals surface area contributed by atoms with Crippen LogP contribution < -0.4 is 5.32 Å². The molecule has 0 aromatic rings. The average Bonchev–Trinajstić information content (AvgIpc) is 2.85. The summed E-state index contributed by atoms with van der Waals surface area (Å²) in [6.45, 7) is 4.36. The zero-order valence-corrected chi connectivity index (χ0v) is 14.4. The number of ketones is 2. The van der Waals surface area contributed by atoms with E-state index in [9.17, 15) is 14.4 Å². The molecule has 4 aliphatic rings. The molecule has 0 heterocycles. The molecule has 0 spiro atoms. The Bertz CT molecular complexity index is 678. The fourth-order valence-corrected chi connectivity index (χ4v) is 6.29. The molecule has 0 bridgehead atoms. The normalized spacial score (nSPS) is 46.7. The molecule has 0 saturated heterocycles. The van der Waals surface area contributed by atoms with Crippen LogP contribution in [0.5, 0.6) is 0 Å². The Morgan fingerprint density at radius 1 is 1.21 bits per heavy atom. The van der Waals surface area contributed by atoms with Gasteiger partial charge >= 0.3 is 0 Å². The molecule has 3 saturated carbocycles. The average molecular weight is 327 g/mol. The third kappa shape index (κ3) is 1.95. The lowest BCUT2D eigenvalue weighted by Crippen LogP contribution is -2.55. The van der Waals surface area contributed by atoms with Gasteiger partial charge in [-0.2, -0.15) is 0 Å². The Balaban J connectivity index is 1.77. The highest BCUT2D eigenvalue weighted by atomic mass is 16.1. The van der Waals surface area contributed by atoms with Crippen molar-refractivity contribution < 1.29 is 14.4 Å². The van der Waals surface area contributed by atoms with Gasteiger partial charge in [-0.05, 0) is 61.2 Å². The van der Waals surface area contributed by atoms with Gasteiger partial charge in [-0.15, -0.1) is 0 Å². The van der Waals surface area contributed by atoms with Crippen LogP contribution >= 0.6 is 0 Å². The van der Waals surface area contributed by atoms with Crippen LogP contribution in [0, 0.1) is 28.6 Å². The molecule has 24 heavy (non-hydrogen) atoms. The summed E-state index contributed by atoms with van der Waals surface area (Å²) in [4.78, 5) is 35.5. The van der Waals surface area contributed by atoms with E-state index in [2.05, 4.69) is 25.2 Å². The molecule has 1 N–H and O–H groups in total. The molecule has 128 valence electrons. The number of rotatable bonds is 2. The molecule has 3 fully saturated rings. The van der Waals surface area contributed by atoms with Crippen molar-refractivity contribution in [1.82, 2.24) is 5.32 Å². The van der Waals surface area contributed by atoms with E-state index in [1.165, 1.54) is 0 Å². The van der Waals surface area contributed by atoms with Crippen molar-refractivity contribution in [2.45, 2.75) is 52.0 Å². The van der Waals surface area contributed by atoms with Gasteiger partial charge in [-0.25, -0.2) is 0 Å². The Morgan fingerprint density at radius 3 is 2.75 bits per heavy atom. The molecule has 4 nitrogen and oxygen atoms in total. The molecule has 4 heteroatoms. The highest BCUT2D eigenvalue weighted by molar-refractivity contribution is 6.01. The number of carbonyl (C=O) groups is 3. The fraction of sp³-hybridized carbons (Fsp3) is 0.650. The van der Waals surface area contributed by atoms with E-state index in [1.807, 2.05) is 0 Å². The number of fused-ring (bicyclic) bond motifs is 5. The second-order valence-electron chi connectivity index (χ2n) is 8.49. The maximum atomic E-state index is 12.5. The van der Waals surface area contributed by atoms with Crippen molar-refractivity contribution in [2.24, 2.45) is 28.6 Å². The summed E-state index contributed by atoms with van der Waals surface area (Å²) in [5.74, 6) is 1.71. The van der Waals surface area contributed by atoms with Crippen LogP contribution in [0.15, 0.2) is 23.8 Å². The van der Waals surface area contributed by atoms with Crippen molar-refractivity contribution >= 4 is 18.0 Å². The first kappa shape index (κ1) is 15.8. The minimum Gasteiger partial charge on any atom is -0.352 e. The summed E-state index contributed by atoms with van der Waals surface area (Å²) in [7, 11) is 0. The van der Waals surface area contributed by atoms with E-state index >= 15 is 0 Å². The first-order valence-corrected chi connectivity index (χ1v) is 9.08. The lowest BCUT2D eigenvalue weighted by Gasteiger charge is -2.57. The zero-order chi connectivity index (χ0) is 17.1. The predicted molar refractivity (Wildman–Crippen MR) is 90.0 cm³/mol. The maximum absolute atomic E-state index is 12.5. The van der Waals surface area contributed by atoms with Crippen LogP contribution in [0.4, 0.5) is 0 Å². The van der Waals surface area contributed by atoms with Gasteiger partial charge < -0.3 is 5.32 Å². The van der Waals surface area contributed by atoms with Crippen LogP contribution in [-0.4, -0.2) is 24.0 Å². The monoisotopic (exact) mass is 327 g/mol. The Morgan fingerprint density at radius 2 is 2.00 bits per heavy atom. The van der Waals surface area contributed by atoms with E-state index in [0.29, 0.717) is 30.0 Å². The van der Waals surface area contributed by atoms with E-state index in [0.717, 1.165) is 37.7 Å². The van der Waals surface area contributed by atoms with E-state index in [1.54, 1.807) is 12.2 Å². The molecular formula is C20H25NO3. The summed E-state index contributed by atoms with van der Waals surface area (Å²) in [6.07, 6.45) is 10.7. The minimum absolute atomic E-state index is 0.00955.